The van der Waals surface area contributed by atoms with Crippen LogP contribution in [0.4, 0.5) is 0 Å². The molecule has 0 aliphatic rings. The molecule has 61 valence electrons. The third-order valence-corrected chi connectivity index (χ3v) is 2.01. The van der Waals surface area contributed by atoms with Gasteiger partial charge in [-0.15, -0.1) is 0 Å². The van der Waals surface area contributed by atoms with Gasteiger partial charge in [-0.05, 0) is 30.2 Å². The van der Waals surface area contributed by atoms with Crippen LogP contribution in [-0.2, 0) is 0 Å². The van der Waals surface area contributed by atoms with E-state index in [-0.39, 0.29) is 0 Å². The van der Waals surface area contributed by atoms with E-state index in [1.807, 2.05) is 25.6 Å². The smallest absolute Gasteiger partial charge is 0.116 e. The Labute approximate surface area is 70.8 Å². The maximum Gasteiger partial charge on any atom is 0.116 e. The standard InChI is InChI=1S/C10H10NO/c1-2-7-6-11-10-4-3-8(12)5-9(7)10/h2-6,11-12H,1H3. The Balaban J connectivity index is 2.75. The van der Waals surface area contributed by atoms with Gasteiger partial charge in [0, 0.05) is 17.1 Å². The summed E-state index contributed by atoms with van der Waals surface area (Å²) in [7, 11) is 0. The molecule has 1 heterocycles. The van der Waals surface area contributed by atoms with Gasteiger partial charge < -0.3 is 10.1 Å². The first-order valence-corrected chi connectivity index (χ1v) is 3.91. The maximum absolute atomic E-state index is 9.24. The predicted molar refractivity (Wildman–Crippen MR) is 49.0 cm³/mol. The number of H-pyrrole nitrogens is 1. The average molecular weight is 160 g/mol. The molecule has 0 aliphatic heterocycles. The van der Waals surface area contributed by atoms with Gasteiger partial charge in [0.1, 0.15) is 5.75 Å². The van der Waals surface area contributed by atoms with Crippen LogP contribution in [0, 0.1) is 6.42 Å². The number of benzene rings is 1. The highest BCUT2D eigenvalue weighted by molar-refractivity contribution is 5.85. The zero-order valence-electron chi connectivity index (χ0n) is 6.83. The number of aromatic hydroxyl groups is 1. The molecule has 1 aromatic carbocycles. The molecule has 0 spiro atoms. The van der Waals surface area contributed by atoms with Crippen LogP contribution in [0.5, 0.6) is 5.75 Å². The zero-order valence-corrected chi connectivity index (χ0v) is 6.83. The summed E-state index contributed by atoms with van der Waals surface area (Å²) in [6.45, 7) is 1.98. The van der Waals surface area contributed by atoms with Crippen LogP contribution in [0.25, 0.3) is 10.9 Å². The van der Waals surface area contributed by atoms with Gasteiger partial charge in [0.05, 0.1) is 0 Å². The fourth-order valence-corrected chi connectivity index (χ4v) is 1.37. The third-order valence-electron chi connectivity index (χ3n) is 2.01. The fraction of sp³-hybridized carbons (Fsp3) is 0.100. The van der Waals surface area contributed by atoms with Crippen LogP contribution in [0.1, 0.15) is 12.5 Å². The Kier molecular flexibility index (Phi) is 1.54. The number of hydrogen-bond donors (Lipinski definition) is 2. The lowest BCUT2D eigenvalue weighted by atomic mass is 10.1. The molecule has 0 saturated heterocycles. The normalized spacial score (nSPS) is 10.8. The summed E-state index contributed by atoms with van der Waals surface area (Å²) in [5, 5.41) is 10.3. The van der Waals surface area contributed by atoms with Crippen LogP contribution >= 0.6 is 0 Å². The minimum Gasteiger partial charge on any atom is -0.508 e. The minimum atomic E-state index is 0.310. The number of aromatic amines is 1. The molecule has 2 rings (SSSR count). The van der Waals surface area contributed by atoms with Crippen molar-refractivity contribution in [3.8, 4) is 5.75 Å². The number of phenols is 1. The number of hydrogen-bond acceptors (Lipinski definition) is 1. The number of nitrogens with one attached hydrogen (secondary N) is 1. The highest BCUT2D eigenvalue weighted by Crippen LogP contribution is 2.23. The Morgan fingerprint density at radius 2 is 2.25 bits per heavy atom. The second kappa shape index (κ2) is 2.55. The number of aromatic nitrogens is 1. The van der Waals surface area contributed by atoms with Crippen LogP contribution in [0.3, 0.4) is 0 Å². The number of fused-ring (bicyclic) bond motifs is 1. The van der Waals surface area contributed by atoms with Gasteiger partial charge in [0.2, 0.25) is 0 Å². The molecule has 2 heteroatoms. The summed E-state index contributed by atoms with van der Waals surface area (Å²) in [6, 6.07) is 5.32. The van der Waals surface area contributed by atoms with Crippen molar-refractivity contribution in [2.45, 2.75) is 6.92 Å². The molecule has 0 amide bonds. The van der Waals surface area contributed by atoms with Gasteiger partial charge in [0.25, 0.3) is 0 Å². The van der Waals surface area contributed by atoms with Crippen molar-refractivity contribution in [1.29, 1.82) is 0 Å². The van der Waals surface area contributed by atoms with Crippen molar-refractivity contribution in [1.82, 2.24) is 4.98 Å². The van der Waals surface area contributed by atoms with Gasteiger partial charge in [0.15, 0.2) is 0 Å². The van der Waals surface area contributed by atoms with Gasteiger partial charge in [-0.25, -0.2) is 0 Å². The maximum atomic E-state index is 9.24. The summed E-state index contributed by atoms with van der Waals surface area (Å²) < 4.78 is 0. The average Bonchev–Trinajstić information content (AvgIpc) is 2.46. The molecule has 0 aliphatic carbocycles. The SMILES string of the molecule is C[CH]c1c[nH]c2ccc(O)cc12. The molecule has 0 bridgehead atoms. The van der Waals surface area contributed by atoms with Crippen molar-refractivity contribution >= 4 is 10.9 Å². The zero-order chi connectivity index (χ0) is 8.55. The lowest BCUT2D eigenvalue weighted by Gasteiger charge is -1.94. The van der Waals surface area contributed by atoms with Crippen LogP contribution in [0.2, 0.25) is 0 Å². The first-order valence-electron chi connectivity index (χ1n) is 3.91. The van der Waals surface area contributed by atoms with E-state index in [0.29, 0.717) is 5.75 Å². The summed E-state index contributed by atoms with van der Waals surface area (Å²) >= 11 is 0. The van der Waals surface area contributed by atoms with Crippen molar-refractivity contribution in [3.05, 3.63) is 36.4 Å². The minimum absolute atomic E-state index is 0.310. The first kappa shape index (κ1) is 7.22. The fourth-order valence-electron chi connectivity index (χ4n) is 1.37. The van der Waals surface area contributed by atoms with Gasteiger partial charge >= 0.3 is 0 Å². The Bertz CT molecular complexity index is 403. The molecule has 0 atom stereocenters. The summed E-state index contributed by atoms with van der Waals surface area (Å²) in [4.78, 5) is 3.12. The van der Waals surface area contributed by atoms with Gasteiger partial charge in [-0.3, -0.25) is 0 Å². The summed E-state index contributed by atoms with van der Waals surface area (Å²) in [5.74, 6) is 0.310. The molecule has 1 radical (unpaired) electrons. The summed E-state index contributed by atoms with van der Waals surface area (Å²) in [6.07, 6.45) is 3.95. The number of phenolic OH excluding ortho intramolecular Hbond substituents is 1. The molecule has 0 saturated carbocycles. The van der Waals surface area contributed by atoms with Gasteiger partial charge in [-0.1, -0.05) is 6.92 Å². The molecule has 0 fully saturated rings. The van der Waals surface area contributed by atoms with Crippen molar-refractivity contribution in [3.63, 3.8) is 0 Å². The molecule has 1 aromatic heterocycles. The van der Waals surface area contributed by atoms with Gasteiger partial charge in [-0.2, -0.15) is 0 Å². The van der Waals surface area contributed by atoms with E-state index in [1.54, 1.807) is 12.1 Å². The Morgan fingerprint density at radius 3 is 3.00 bits per heavy atom. The van der Waals surface area contributed by atoms with Crippen molar-refractivity contribution in [2.75, 3.05) is 0 Å². The monoisotopic (exact) mass is 160 g/mol. The highest BCUT2D eigenvalue weighted by atomic mass is 16.3. The Morgan fingerprint density at radius 1 is 1.42 bits per heavy atom. The van der Waals surface area contributed by atoms with E-state index >= 15 is 0 Å². The molecule has 0 unspecified atom stereocenters. The third kappa shape index (κ3) is 0.961. The van der Waals surface area contributed by atoms with E-state index in [2.05, 4.69) is 4.98 Å². The largest absolute Gasteiger partial charge is 0.508 e. The summed E-state index contributed by atoms with van der Waals surface area (Å²) in [5.41, 5.74) is 2.18. The predicted octanol–water partition coefficient (Wildman–Crippen LogP) is 2.45. The molecular formula is C10H10NO. The Hall–Kier alpha value is -1.44. The molecule has 12 heavy (non-hydrogen) atoms. The number of rotatable bonds is 1. The molecule has 2 nitrogen and oxygen atoms in total. The lowest BCUT2D eigenvalue weighted by Crippen LogP contribution is -1.72. The molecule has 2 N–H and O–H groups in total. The van der Waals surface area contributed by atoms with E-state index in [1.165, 1.54) is 0 Å². The molecular weight excluding hydrogens is 150 g/mol. The second-order valence-corrected chi connectivity index (χ2v) is 2.76. The van der Waals surface area contributed by atoms with E-state index in [9.17, 15) is 5.11 Å². The first-order chi connectivity index (χ1) is 5.81. The van der Waals surface area contributed by atoms with Crippen LogP contribution < -0.4 is 0 Å². The molecule has 2 aromatic rings. The van der Waals surface area contributed by atoms with Crippen molar-refractivity contribution < 1.29 is 5.11 Å². The topological polar surface area (TPSA) is 36.0 Å². The lowest BCUT2D eigenvalue weighted by molar-refractivity contribution is 0.476. The van der Waals surface area contributed by atoms with Crippen LogP contribution in [0.15, 0.2) is 24.4 Å². The van der Waals surface area contributed by atoms with Crippen molar-refractivity contribution in [2.24, 2.45) is 0 Å². The van der Waals surface area contributed by atoms with E-state index in [4.69, 9.17) is 0 Å². The van der Waals surface area contributed by atoms with E-state index < -0.39 is 0 Å². The van der Waals surface area contributed by atoms with E-state index in [0.717, 1.165) is 16.5 Å². The second-order valence-electron chi connectivity index (χ2n) is 2.76. The highest BCUT2D eigenvalue weighted by Gasteiger charge is 2.01. The van der Waals surface area contributed by atoms with Crippen LogP contribution in [-0.4, -0.2) is 10.1 Å². The quantitative estimate of drug-likeness (QED) is 0.660.